The van der Waals surface area contributed by atoms with Crippen LogP contribution in [-0.4, -0.2) is 33.7 Å². The van der Waals surface area contributed by atoms with Crippen LogP contribution in [0, 0.1) is 0 Å². The van der Waals surface area contributed by atoms with Gasteiger partial charge in [-0.2, -0.15) is 0 Å². The first-order valence-electron chi connectivity index (χ1n) is 4.96. The Balaban J connectivity index is 2.19. The molecule has 2 aliphatic heterocycles. The summed E-state index contributed by atoms with van der Waals surface area (Å²) in [5.74, 6) is 0. The Morgan fingerprint density at radius 1 is 1.25 bits per heavy atom. The molecule has 2 saturated heterocycles. The maximum Gasteiger partial charge on any atom is 0.0710 e. The van der Waals surface area contributed by atoms with E-state index in [1.807, 2.05) is 0 Å². The van der Waals surface area contributed by atoms with E-state index in [-0.39, 0.29) is 11.6 Å². The fourth-order valence-electron chi connectivity index (χ4n) is 3.00. The van der Waals surface area contributed by atoms with Gasteiger partial charge in [-0.15, -0.1) is 0 Å². The van der Waals surface area contributed by atoms with Gasteiger partial charge in [0.25, 0.3) is 0 Å². The van der Waals surface area contributed by atoms with Gasteiger partial charge in [-0.3, -0.25) is 4.90 Å². The quantitative estimate of drug-likeness (QED) is 0.592. The summed E-state index contributed by atoms with van der Waals surface area (Å²) in [5.41, 5.74) is 0.239. The van der Waals surface area contributed by atoms with E-state index < -0.39 is 0 Å². The standard InChI is InChI=1S/C10H19NO/c1-10(2,3)11-7-4-5-8(11)9(12)6-7/h7-9,12H,4-6H2,1-3H3. The molecule has 0 aromatic rings. The number of hydrogen-bond acceptors (Lipinski definition) is 2. The van der Waals surface area contributed by atoms with E-state index in [1.165, 1.54) is 12.8 Å². The van der Waals surface area contributed by atoms with Crippen LogP contribution in [0.25, 0.3) is 0 Å². The Morgan fingerprint density at radius 3 is 2.17 bits per heavy atom. The Hall–Kier alpha value is -0.0800. The molecule has 0 radical (unpaired) electrons. The third-order valence-corrected chi connectivity index (χ3v) is 3.28. The Labute approximate surface area is 74.6 Å². The van der Waals surface area contributed by atoms with Gasteiger partial charge in [-0.1, -0.05) is 0 Å². The van der Waals surface area contributed by atoms with Crippen LogP contribution in [0.5, 0.6) is 0 Å². The van der Waals surface area contributed by atoms with Gasteiger partial charge in [0, 0.05) is 17.6 Å². The molecule has 70 valence electrons. The highest BCUT2D eigenvalue weighted by atomic mass is 16.3. The van der Waals surface area contributed by atoms with Crippen molar-refractivity contribution in [2.24, 2.45) is 0 Å². The van der Waals surface area contributed by atoms with Gasteiger partial charge < -0.3 is 5.11 Å². The van der Waals surface area contributed by atoms with Crippen molar-refractivity contribution >= 4 is 0 Å². The number of hydrogen-bond donors (Lipinski definition) is 1. The molecule has 0 aromatic carbocycles. The predicted molar refractivity (Wildman–Crippen MR) is 49.0 cm³/mol. The maximum absolute atomic E-state index is 9.71. The topological polar surface area (TPSA) is 23.5 Å². The number of aliphatic hydroxyl groups excluding tert-OH is 1. The summed E-state index contributed by atoms with van der Waals surface area (Å²) in [6, 6.07) is 1.11. The van der Waals surface area contributed by atoms with Crippen LogP contribution in [0.2, 0.25) is 0 Å². The van der Waals surface area contributed by atoms with Crippen LogP contribution in [-0.2, 0) is 0 Å². The molecule has 2 nitrogen and oxygen atoms in total. The van der Waals surface area contributed by atoms with E-state index in [4.69, 9.17) is 0 Å². The molecule has 0 spiro atoms. The highest BCUT2D eigenvalue weighted by molar-refractivity contribution is 5.04. The van der Waals surface area contributed by atoms with Gasteiger partial charge >= 0.3 is 0 Å². The lowest BCUT2D eigenvalue weighted by molar-refractivity contribution is 0.0737. The average molecular weight is 169 g/mol. The lowest BCUT2D eigenvalue weighted by Crippen LogP contribution is -2.46. The minimum Gasteiger partial charge on any atom is -0.391 e. The molecule has 2 heterocycles. The van der Waals surface area contributed by atoms with Gasteiger partial charge in [0.2, 0.25) is 0 Å². The lowest BCUT2D eigenvalue weighted by atomic mass is 9.98. The van der Waals surface area contributed by atoms with Crippen molar-refractivity contribution in [3.63, 3.8) is 0 Å². The Kier molecular flexibility index (Phi) is 1.74. The first-order chi connectivity index (χ1) is 5.50. The summed E-state index contributed by atoms with van der Waals surface area (Å²) in [4.78, 5) is 2.51. The van der Waals surface area contributed by atoms with E-state index in [1.54, 1.807) is 0 Å². The van der Waals surface area contributed by atoms with Crippen molar-refractivity contribution in [1.29, 1.82) is 0 Å². The molecule has 3 atom stereocenters. The molecule has 2 fully saturated rings. The molecule has 2 aliphatic rings. The second kappa shape index (κ2) is 2.46. The first-order valence-corrected chi connectivity index (χ1v) is 4.96. The van der Waals surface area contributed by atoms with Crippen molar-refractivity contribution in [3.05, 3.63) is 0 Å². The van der Waals surface area contributed by atoms with Crippen LogP contribution in [0.3, 0.4) is 0 Å². The van der Waals surface area contributed by atoms with Crippen molar-refractivity contribution in [1.82, 2.24) is 4.90 Å². The summed E-state index contributed by atoms with van der Waals surface area (Å²) in [5, 5.41) is 9.71. The average Bonchev–Trinajstić information content (AvgIpc) is 2.39. The third kappa shape index (κ3) is 1.09. The van der Waals surface area contributed by atoms with E-state index in [0.29, 0.717) is 12.1 Å². The van der Waals surface area contributed by atoms with Crippen molar-refractivity contribution in [3.8, 4) is 0 Å². The summed E-state index contributed by atoms with van der Waals surface area (Å²) in [7, 11) is 0. The summed E-state index contributed by atoms with van der Waals surface area (Å²) in [6.45, 7) is 6.74. The first kappa shape index (κ1) is 8.52. The molecule has 2 bridgehead atoms. The zero-order chi connectivity index (χ0) is 8.93. The summed E-state index contributed by atoms with van der Waals surface area (Å²) < 4.78 is 0. The lowest BCUT2D eigenvalue weighted by Gasteiger charge is -2.36. The summed E-state index contributed by atoms with van der Waals surface area (Å²) in [6.07, 6.45) is 3.44. The number of aliphatic hydroxyl groups is 1. The van der Waals surface area contributed by atoms with Gasteiger partial charge in [0.15, 0.2) is 0 Å². The van der Waals surface area contributed by atoms with Gasteiger partial charge in [-0.05, 0) is 40.0 Å². The second-order valence-electron chi connectivity index (χ2n) is 5.18. The highest BCUT2D eigenvalue weighted by Gasteiger charge is 2.49. The van der Waals surface area contributed by atoms with E-state index >= 15 is 0 Å². The molecule has 0 aromatic heterocycles. The molecule has 0 amide bonds. The normalized spacial score (nSPS) is 42.5. The fraction of sp³-hybridized carbons (Fsp3) is 1.00. The Morgan fingerprint density at radius 2 is 1.92 bits per heavy atom. The van der Waals surface area contributed by atoms with Crippen molar-refractivity contribution in [2.75, 3.05) is 0 Å². The molecule has 0 aliphatic carbocycles. The van der Waals surface area contributed by atoms with E-state index in [2.05, 4.69) is 25.7 Å². The molecule has 2 heteroatoms. The van der Waals surface area contributed by atoms with Crippen LogP contribution < -0.4 is 0 Å². The maximum atomic E-state index is 9.71. The van der Waals surface area contributed by atoms with Gasteiger partial charge in [0.05, 0.1) is 6.10 Å². The molecule has 3 unspecified atom stereocenters. The van der Waals surface area contributed by atoms with Crippen LogP contribution in [0.1, 0.15) is 40.0 Å². The van der Waals surface area contributed by atoms with E-state index in [9.17, 15) is 5.11 Å². The third-order valence-electron chi connectivity index (χ3n) is 3.28. The van der Waals surface area contributed by atoms with Crippen molar-refractivity contribution in [2.45, 2.75) is 63.8 Å². The number of rotatable bonds is 0. The fourth-order valence-corrected chi connectivity index (χ4v) is 3.00. The minimum absolute atomic E-state index is 0.0528. The zero-order valence-corrected chi connectivity index (χ0v) is 8.25. The van der Waals surface area contributed by atoms with Gasteiger partial charge in [0.1, 0.15) is 0 Å². The molecular weight excluding hydrogens is 150 g/mol. The monoisotopic (exact) mass is 169 g/mol. The summed E-state index contributed by atoms with van der Waals surface area (Å²) >= 11 is 0. The van der Waals surface area contributed by atoms with E-state index in [0.717, 1.165) is 6.42 Å². The van der Waals surface area contributed by atoms with Crippen LogP contribution in [0.4, 0.5) is 0 Å². The Bertz CT molecular complexity index is 185. The molecule has 12 heavy (non-hydrogen) atoms. The van der Waals surface area contributed by atoms with Gasteiger partial charge in [-0.25, -0.2) is 0 Å². The van der Waals surface area contributed by atoms with Crippen molar-refractivity contribution < 1.29 is 5.11 Å². The molecule has 1 N–H and O–H groups in total. The number of nitrogens with zero attached hydrogens (tertiary/aromatic N) is 1. The number of fused-ring (bicyclic) bond motifs is 2. The highest BCUT2D eigenvalue weighted by Crippen LogP contribution is 2.42. The second-order valence-corrected chi connectivity index (χ2v) is 5.18. The molecule has 2 rings (SSSR count). The molecule has 0 saturated carbocycles. The molecular formula is C10H19NO. The largest absolute Gasteiger partial charge is 0.391 e. The SMILES string of the molecule is CC(C)(C)N1C2CCC1C(O)C2. The van der Waals surface area contributed by atoms with Crippen LogP contribution >= 0.6 is 0 Å². The smallest absolute Gasteiger partial charge is 0.0710 e. The zero-order valence-electron chi connectivity index (χ0n) is 8.25. The minimum atomic E-state index is -0.0528. The van der Waals surface area contributed by atoms with Crippen LogP contribution in [0.15, 0.2) is 0 Å². The predicted octanol–water partition coefficient (Wildman–Crippen LogP) is 1.38.